The van der Waals surface area contributed by atoms with E-state index >= 15 is 0 Å². The molecule has 1 aromatic heterocycles. The lowest BCUT2D eigenvalue weighted by Crippen LogP contribution is -2.42. The van der Waals surface area contributed by atoms with Gasteiger partial charge in [0.2, 0.25) is 5.95 Å². The molecule has 7 heteroatoms. The van der Waals surface area contributed by atoms with Crippen molar-refractivity contribution in [2.24, 2.45) is 7.05 Å². The van der Waals surface area contributed by atoms with Gasteiger partial charge in [0.15, 0.2) is 0 Å². The molecule has 0 saturated carbocycles. The molecule has 1 unspecified atom stereocenters. The molecular formula is C10H17N5O2. The lowest BCUT2D eigenvalue weighted by atomic mass is 10.00. The number of aromatic nitrogens is 4. The van der Waals surface area contributed by atoms with E-state index in [9.17, 15) is 4.79 Å². The Kier molecular flexibility index (Phi) is 3.55. The first-order valence-corrected chi connectivity index (χ1v) is 5.78. The topological polar surface area (TPSA) is 73.1 Å². The number of nitrogens with zero attached hydrogens (tertiary/aromatic N) is 5. The number of carbonyl (C=O) groups is 1. The lowest BCUT2D eigenvalue weighted by Gasteiger charge is -2.34. The molecular weight excluding hydrogens is 222 g/mol. The summed E-state index contributed by atoms with van der Waals surface area (Å²) >= 11 is 0. The second-order valence-corrected chi connectivity index (χ2v) is 4.23. The van der Waals surface area contributed by atoms with Crippen LogP contribution in [0.25, 0.3) is 0 Å². The normalized spacial score (nSPS) is 20.4. The Morgan fingerprint density at radius 1 is 1.53 bits per heavy atom. The van der Waals surface area contributed by atoms with Crippen molar-refractivity contribution in [3.63, 3.8) is 0 Å². The molecule has 94 valence electrons. The van der Waals surface area contributed by atoms with Crippen LogP contribution in [0.5, 0.6) is 0 Å². The minimum absolute atomic E-state index is 0.140. The summed E-state index contributed by atoms with van der Waals surface area (Å²) in [6, 6.07) is 0.140. The van der Waals surface area contributed by atoms with Gasteiger partial charge in [-0.25, -0.2) is 4.68 Å². The van der Waals surface area contributed by atoms with Crippen LogP contribution in [0, 0.1) is 0 Å². The van der Waals surface area contributed by atoms with Gasteiger partial charge < -0.3 is 9.64 Å². The van der Waals surface area contributed by atoms with Crippen LogP contribution in [-0.2, 0) is 16.6 Å². The van der Waals surface area contributed by atoms with Crippen molar-refractivity contribution in [2.45, 2.75) is 31.7 Å². The molecule has 0 aliphatic carbocycles. The van der Waals surface area contributed by atoms with Crippen LogP contribution < -0.4 is 4.90 Å². The standard InChI is InChI=1S/C10H17N5O2/c1-14-10(11-12-13-14)15-6-4-3-5-8(15)7-9(16)17-2/h8H,3-7H2,1-2H3. The van der Waals surface area contributed by atoms with Crippen molar-refractivity contribution in [1.82, 2.24) is 20.2 Å². The predicted octanol–water partition coefficient (Wildman–Crippen LogP) is 0.132. The van der Waals surface area contributed by atoms with E-state index < -0.39 is 0 Å². The third-order valence-electron chi connectivity index (χ3n) is 3.11. The molecule has 1 aliphatic rings. The second-order valence-electron chi connectivity index (χ2n) is 4.23. The van der Waals surface area contributed by atoms with Crippen molar-refractivity contribution in [3.05, 3.63) is 0 Å². The zero-order valence-corrected chi connectivity index (χ0v) is 10.2. The van der Waals surface area contributed by atoms with E-state index in [0.29, 0.717) is 6.42 Å². The zero-order chi connectivity index (χ0) is 12.3. The first-order chi connectivity index (χ1) is 8.22. The number of hydrogen-bond donors (Lipinski definition) is 0. The van der Waals surface area contributed by atoms with Gasteiger partial charge in [-0.15, -0.1) is 0 Å². The molecule has 2 rings (SSSR count). The summed E-state index contributed by atoms with van der Waals surface area (Å²) in [4.78, 5) is 13.5. The minimum atomic E-state index is -0.183. The first kappa shape index (κ1) is 11.8. The van der Waals surface area contributed by atoms with Crippen LogP contribution in [-0.4, -0.2) is 45.9 Å². The van der Waals surface area contributed by atoms with Gasteiger partial charge in [-0.1, -0.05) is 5.10 Å². The number of aryl methyl sites for hydroxylation is 1. The van der Waals surface area contributed by atoms with Crippen molar-refractivity contribution in [2.75, 3.05) is 18.6 Å². The number of hydrogen-bond acceptors (Lipinski definition) is 6. The maximum atomic E-state index is 11.4. The fourth-order valence-electron chi connectivity index (χ4n) is 2.22. The number of tetrazole rings is 1. The summed E-state index contributed by atoms with van der Waals surface area (Å²) in [5.41, 5.74) is 0. The average molecular weight is 239 g/mol. The highest BCUT2D eigenvalue weighted by Gasteiger charge is 2.28. The number of ether oxygens (including phenoxy) is 1. The number of esters is 1. The maximum Gasteiger partial charge on any atom is 0.307 e. The smallest absolute Gasteiger partial charge is 0.307 e. The van der Waals surface area contributed by atoms with Gasteiger partial charge >= 0.3 is 5.97 Å². The molecule has 0 aromatic carbocycles. The van der Waals surface area contributed by atoms with E-state index in [4.69, 9.17) is 4.74 Å². The fourth-order valence-corrected chi connectivity index (χ4v) is 2.22. The van der Waals surface area contributed by atoms with E-state index in [2.05, 4.69) is 20.4 Å². The molecule has 1 aromatic rings. The Morgan fingerprint density at radius 3 is 3.00 bits per heavy atom. The van der Waals surface area contributed by atoms with Crippen molar-refractivity contribution >= 4 is 11.9 Å². The summed E-state index contributed by atoms with van der Waals surface area (Å²) < 4.78 is 6.36. The van der Waals surface area contributed by atoms with Crippen molar-refractivity contribution in [1.29, 1.82) is 0 Å². The Bertz CT molecular complexity index is 392. The van der Waals surface area contributed by atoms with Gasteiger partial charge in [0, 0.05) is 19.6 Å². The summed E-state index contributed by atoms with van der Waals surface area (Å²) in [7, 11) is 3.22. The number of methoxy groups -OCH3 is 1. The van der Waals surface area contributed by atoms with Gasteiger partial charge in [0.25, 0.3) is 0 Å². The molecule has 0 spiro atoms. The SMILES string of the molecule is COC(=O)CC1CCCCN1c1nnnn1C. The van der Waals surface area contributed by atoms with E-state index in [1.54, 1.807) is 11.7 Å². The molecule has 17 heavy (non-hydrogen) atoms. The molecule has 2 heterocycles. The van der Waals surface area contributed by atoms with E-state index in [1.165, 1.54) is 7.11 Å². The Labute approximate surface area is 99.7 Å². The van der Waals surface area contributed by atoms with Crippen LogP contribution in [0.4, 0.5) is 5.95 Å². The average Bonchev–Trinajstić information content (AvgIpc) is 2.76. The number of anilines is 1. The van der Waals surface area contributed by atoms with Crippen molar-refractivity contribution in [3.8, 4) is 0 Å². The van der Waals surface area contributed by atoms with Crippen LogP contribution in [0.15, 0.2) is 0 Å². The maximum absolute atomic E-state index is 11.4. The minimum Gasteiger partial charge on any atom is -0.469 e. The lowest BCUT2D eigenvalue weighted by molar-refractivity contribution is -0.141. The highest BCUT2D eigenvalue weighted by Crippen LogP contribution is 2.24. The first-order valence-electron chi connectivity index (χ1n) is 5.78. The summed E-state index contributed by atoms with van der Waals surface area (Å²) in [5.74, 6) is 0.538. The van der Waals surface area contributed by atoms with E-state index in [-0.39, 0.29) is 12.0 Å². The summed E-state index contributed by atoms with van der Waals surface area (Å²) in [5, 5.41) is 11.5. The molecule has 0 bridgehead atoms. The molecule has 1 atom stereocenters. The second kappa shape index (κ2) is 5.11. The molecule has 7 nitrogen and oxygen atoms in total. The van der Waals surface area contributed by atoms with E-state index in [1.807, 2.05) is 0 Å². The van der Waals surface area contributed by atoms with Crippen LogP contribution >= 0.6 is 0 Å². The predicted molar refractivity (Wildman–Crippen MR) is 60.4 cm³/mol. The monoisotopic (exact) mass is 239 g/mol. The Morgan fingerprint density at radius 2 is 2.35 bits per heavy atom. The molecule has 1 fully saturated rings. The third-order valence-corrected chi connectivity index (χ3v) is 3.11. The molecule has 0 radical (unpaired) electrons. The van der Waals surface area contributed by atoms with Crippen LogP contribution in [0.2, 0.25) is 0 Å². The highest BCUT2D eigenvalue weighted by atomic mass is 16.5. The quantitative estimate of drug-likeness (QED) is 0.698. The van der Waals surface area contributed by atoms with Gasteiger partial charge in [-0.3, -0.25) is 4.79 Å². The Hall–Kier alpha value is -1.66. The molecule has 0 amide bonds. The van der Waals surface area contributed by atoms with Gasteiger partial charge in [0.05, 0.1) is 13.5 Å². The van der Waals surface area contributed by atoms with Crippen LogP contribution in [0.3, 0.4) is 0 Å². The van der Waals surface area contributed by atoms with Gasteiger partial charge in [-0.05, 0) is 29.7 Å². The van der Waals surface area contributed by atoms with Crippen LogP contribution in [0.1, 0.15) is 25.7 Å². The molecule has 0 N–H and O–H groups in total. The summed E-state index contributed by atoms with van der Waals surface area (Å²) in [6.07, 6.45) is 3.60. The zero-order valence-electron chi connectivity index (χ0n) is 10.2. The fraction of sp³-hybridized carbons (Fsp3) is 0.800. The van der Waals surface area contributed by atoms with Gasteiger partial charge in [0.1, 0.15) is 0 Å². The van der Waals surface area contributed by atoms with E-state index in [0.717, 1.165) is 31.8 Å². The molecule has 1 aliphatic heterocycles. The largest absolute Gasteiger partial charge is 0.469 e. The Balaban J connectivity index is 2.12. The third kappa shape index (κ3) is 2.54. The molecule has 1 saturated heterocycles. The number of piperidine rings is 1. The highest BCUT2D eigenvalue weighted by molar-refractivity contribution is 5.70. The summed E-state index contributed by atoms with van der Waals surface area (Å²) in [6.45, 7) is 0.885. The van der Waals surface area contributed by atoms with Gasteiger partial charge in [-0.2, -0.15) is 0 Å². The number of rotatable bonds is 3. The number of carbonyl (C=O) groups excluding carboxylic acids is 1. The van der Waals surface area contributed by atoms with Crippen molar-refractivity contribution < 1.29 is 9.53 Å².